The zero-order valence-corrected chi connectivity index (χ0v) is 13.3. The van der Waals surface area contributed by atoms with Crippen LogP contribution in [0.4, 0.5) is 5.69 Å². The van der Waals surface area contributed by atoms with Crippen molar-refractivity contribution in [3.05, 3.63) is 23.2 Å². The molecule has 0 aromatic heterocycles. The van der Waals surface area contributed by atoms with E-state index in [0.29, 0.717) is 28.6 Å². The number of rotatable bonds is 3. The Morgan fingerprint density at radius 2 is 2.00 bits per heavy atom. The molecule has 0 saturated heterocycles. The molecule has 3 N–H and O–H groups in total. The van der Waals surface area contributed by atoms with E-state index in [4.69, 9.17) is 16.7 Å². The summed E-state index contributed by atoms with van der Waals surface area (Å²) in [6.45, 7) is 4.45. The van der Waals surface area contributed by atoms with E-state index in [1.54, 1.807) is 6.07 Å². The van der Waals surface area contributed by atoms with Crippen molar-refractivity contribution in [1.29, 1.82) is 0 Å². The van der Waals surface area contributed by atoms with Crippen LogP contribution < -0.4 is 10.5 Å². The highest BCUT2D eigenvalue weighted by Crippen LogP contribution is 2.33. The van der Waals surface area contributed by atoms with Crippen LogP contribution >= 0.6 is 11.6 Å². The molecule has 1 aromatic carbocycles. The molecule has 3 atom stereocenters. The Labute approximate surface area is 125 Å². The first-order valence-electron chi connectivity index (χ1n) is 6.86. The van der Waals surface area contributed by atoms with Gasteiger partial charge in [-0.1, -0.05) is 31.9 Å². The summed E-state index contributed by atoms with van der Waals surface area (Å²) in [5.74, 6) is 1.21. The minimum Gasteiger partial charge on any atom is -0.381 e. The van der Waals surface area contributed by atoms with E-state index in [-0.39, 0.29) is 4.90 Å². The van der Waals surface area contributed by atoms with E-state index in [2.05, 4.69) is 19.2 Å². The molecule has 20 heavy (non-hydrogen) atoms. The Balaban J connectivity index is 2.24. The zero-order chi connectivity index (χ0) is 14.9. The summed E-state index contributed by atoms with van der Waals surface area (Å²) in [4.78, 5) is 0.0842. The SMILES string of the molecule is CC1CCC(C)C(Nc2cc(S(N)(=O)=O)ccc2Cl)C1. The number of sulfonamides is 1. The van der Waals surface area contributed by atoms with E-state index in [9.17, 15) is 8.42 Å². The maximum atomic E-state index is 11.4. The van der Waals surface area contributed by atoms with Crippen LogP contribution in [0.25, 0.3) is 0 Å². The van der Waals surface area contributed by atoms with Crippen LogP contribution in [-0.4, -0.2) is 14.5 Å². The van der Waals surface area contributed by atoms with Gasteiger partial charge in [0.25, 0.3) is 0 Å². The van der Waals surface area contributed by atoms with Crippen LogP contribution in [0.3, 0.4) is 0 Å². The predicted octanol–water partition coefficient (Wildman–Crippen LogP) is 3.22. The van der Waals surface area contributed by atoms with Crippen LogP contribution in [0, 0.1) is 11.8 Å². The molecule has 0 aliphatic heterocycles. The molecule has 1 aromatic rings. The molecule has 0 amide bonds. The molecule has 2 rings (SSSR count). The Morgan fingerprint density at radius 3 is 2.65 bits per heavy atom. The summed E-state index contributed by atoms with van der Waals surface area (Å²) < 4.78 is 22.8. The standard InChI is InChI=1S/C14H21ClN2O2S/c1-9-3-4-10(2)13(7-9)17-14-8-11(20(16,18)19)5-6-12(14)15/h5-6,8-10,13,17H,3-4,7H2,1-2H3,(H2,16,18,19). The molecule has 1 saturated carbocycles. The largest absolute Gasteiger partial charge is 0.381 e. The van der Waals surface area contributed by atoms with Crippen LogP contribution in [0.1, 0.15) is 33.1 Å². The van der Waals surface area contributed by atoms with E-state index in [1.165, 1.54) is 25.0 Å². The molecule has 1 aliphatic rings. The highest BCUT2D eigenvalue weighted by molar-refractivity contribution is 7.89. The molecule has 6 heteroatoms. The highest BCUT2D eigenvalue weighted by Gasteiger charge is 2.26. The third-order valence-electron chi connectivity index (χ3n) is 4.07. The molecule has 112 valence electrons. The van der Waals surface area contributed by atoms with Gasteiger partial charge in [-0.15, -0.1) is 0 Å². The molecule has 1 aliphatic carbocycles. The van der Waals surface area contributed by atoms with Gasteiger partial charge in [0.05, 0.1) is 15.6 Å². The lowest BCUT2D eigenvalue weighted by atomic mass is 9.80. The van der Waals surface area contributed by atoms with Gasteiger partial charge in [-0.25, -0.2) is 13.6 Å². The van der Waals surface area contributed by atoms with Crippen molar-refractivity contribution >= 4 is 27.3 Å². The van der Waals surface area contributed by atoms with Gasteiger partial charge in [0.15, 0.2) is 0 Å². The number of nitrogens with one attached hydrogen (secondary N) is 1. The summed E-state index contributed by atoms with van der Waals surface area (Å²) in [5, 5.41) is 9.07. The predicted molar refractivity (Wildman–Crippen MR) is 82.4 cm³/mol. The van der Waals surface area contributed by atoms with Crippen LogP contribution in [0.2, 0.25) is 5.02 Å². The smallest absolute Gasteiger partial charge is 0.238 e. The number of hydrogen-bond acceptors (Lipinski definition) is 3. The monoisotopic (exact) mass is 316 g/mol. The average Bonchev–Trinajstić information content (AvgIpc) is 2.35. The van der Waals surface area contributed by atoms with E-state index in [1.807, 2.05) is 0 Å². The number of primary sulfonamides is 1. The highest BCUT2D eigenvalue weighted by atomic mass is 35.5. The van der Waals surface area contributed by atoms with Crippen molar-refractivity contribution in [2.45, 2.75) is 44.0 Å². The molecular formula is C14H21ClN2O2S. The maximum absolute atomic E-state index is 11.4. The molecular weight excluding hydrogens is 296 g/mol. The zero-order valence-electron chi connectivity index (χ0n) is 11.8. The summed E-state index contributed by atoms with van der Waals surface area (Å²) in [7, 11) is -3.71. The molecule has 0 spiro atoms. The summed E-state index contributed by atoms with van der Waals surface area (Å²) in [6.07, 6.45) is 3.48. The second-order valence-corrected chi connectivity index (χ2v) is 7.80. The third kappa shape index (κ3) is 3.65. The number of halogens is 1. The van der Waals surface area contributed by atoms with Crippen molar-refractivity contribution in [1.82, 2.24) is 0 Å². The quantitative estimate of drug-likeness (QED) is 0.899. The van der Waals surface area contributed by atoms with E-state index >= 15 is 0 Å². The fourth-order valence-electron chi connectivity index (χ4n) is 2.73. The van der Waals surface area contributed by atoms with Gasteiger partial charge in [-0.3, -0.25) is 0 Å². The van der Waals surface area contributed by atoms with Crippen molar-refractivity contribution in [3.8, 4) is 0 Å². The molecule has 3 unspecified atom stereocenters. The van der Waals surface area contributed by atoms with Gasteiger partial charge in [0, 0.05) is 6.04 Å². The van der Waals surface area contributed by atoms with Gasteiger partial charge in [0.1, 0.15) is 0 Å². The van der Waals surface area contributed by atoms with Gasteiger partial charge in [-0.05, 0) is 42.9 Å². The Bertz CT molecular complexity index is 589. The normalized spacial score (nSPS) is 27.3. The second kappa shape index (κ2) is 5.92. The first-order chi connectivity index (χ1) is 9.27. The topological polar surface area (TPSA) is 72.2 Å². The average molecular weight is 317 g/mol. The van der Waals surface area contributed by atoms with Gasteiger partial charge in [-0.2, -0.15) is 0 Å². The van der Waals surface area contributed by atoms with Crippen LogP contribution in [-0.2, 0) is 10.0 Å². The van der Waals surface area contributed by atoms with Crippen molar-refractivity contribution in [2.75, 3.05) is 5.32 Å². The van der Waals surface area contributed by atoms with Crippen molar-refractivity contribution in [2.24, 2.45) is 17.0 Å². The number of anilines is 1. The lowest BCUT2D eigenvalue weighted by molar-refractivity contribution is 0.280. The van der Waals surface area contributed by atoms with E-state index < -0.39 is 10.0 Å². The lowest BCUT2D eigenvalue weighted by Gasteiger charge is -2.34. The van der Waals surface area contributed by atoms with Crippen molar-refractivity contribution < 1.29 is 8.42 Å². The lowest BCUT2D eigenvalue weighted by Crippen LogP contribution is -2.33. The first-order valence-corrected chi connectivity index (χ1v) is 8.78. The maximum Gasteiger partial charge on any atom is 0.238 e. The molecule has 1 fully saturated rings. The number of hydrogen-bond donors (Lipinski definition) is 2. The van der Waals surface area contributed by atoms with Gasteiger partial charge in [0.2, 0.25) is 10.0 Å². The summed E-state index contributed by atoms with van der Waals surface area (Å²) >= 11 is 6.15. The summed E-state index contributed by atoms with van der Waals surface area (Å²) in [5.41, 5.74) is 0.643. The van der Waals surface area contributed by atoms with Gasteiger partial charge >= 0.3 is 0 Å². The third-order valence-corrected chi connectivity index (χ3v) is 5.31. The fraction of sp³-hybridized carbons (Fsp3) is 0.571. The molecule has 0 heterocycles. The fourth-order valence-corrected chi connectivity index (χ4v) is 3.44. The minimum atomic E-state index is -3.71. The Morgan fingerprint density at radius 1 is 1.30 bits per heavy atom. The van der Waals surface area contributed by atoms with Gasteiger partial charge < -0.3 is 5.32 Å². The van der Waals surface area contributed by atoms with Crippen molar-refractivity contribution in [3.63, 3.8) is 0 Å². The molecule has 0 bridgehead atoms. The van der Waals surface area contributed by atoms with E-state index in [0.717, 1.165) is 6.42 Å². The Kier molecular flexibility index (Phi) is 4.62. The number of nitrogens with two attached hydrogens (primary N) is 1. The minimum absolute atomic E-state index is 0.0842. The van der Waals surface area contributed by atoms with Crippen LogP contribution in [0.15, 0.2) is 23.1 Å². The number of benzene rings is 1. The molecule has 0 radical (unpaired) electrons. The first kappa shape index (κ1) is 15.6. The Hall–Kier alpha value is -0.780. The van der Waals surface area contributed by atoms with Crippen LogP contribution in [0.5, 0.6) is 0 Å². The molecule has 4 nitrogen and oxygen atoms in total. The summed E-state index contributed by atoms with van der Waals surface area (Å²) in [6, 6.07) is 4.83. The second-order valence-electron chi connectivity index (χ2n) is 5.83.